The minimum atomic E-state index is -4.43. The van der Waals surface area contributed by atoms with E-state index in [9.17, 15) is 22.8 Å². The molecule has 2 amide bonds. The summed E-state index contributed by atoms with van der Waals surface area (Å²) in [6.07, 6.45) is -4.99. The van der Waals surface area contributed by atoms with Crippen LogP contribution in [0.4, 0.5) is 13.2 Å². The second-order valence-electron chi connectivity index (χ2n) is 9.72. The normalized spacial score (nSPS) is 19.7. The van der Waals surface area contributed by atoms with Gasteiger partial charge in [-0.15, -0.1) is 0 Å². The number of carbonyl (C=O) groups is 2. The predicted molar refractivity (Wildman–Crippen MR) is 127 cm³/mol. The second-order valence-corrected chi connectivity index (χ2v) is 9.72. The first-order valence-corrected chi connectivity index (χ1v) is 11.5. The first kappa shape index (κ1) is 26.5. The Morgan fingerprint density at radius 2 is 1.60 bits per heavy atom. The fourth-order valence-corrected chi connectivity index (χ4v) is 4.22. The van der Waals surface area contributed by atoms with E-state index in [1.54, 1.807) is 7.11 Å². The van der Waals surface area contributed by atoms with E-state index in [1.165, 1.54) is 12.1 Å². The number of halogens is 3. The minimum absolute atomic E-state index is 0.0428. The van der Waals surface area contributed by atoms with Gasteiger partial charge in [0.1, 0.15) is 5.75 Å². The number of carbonyl (C=O) groups excluding carboxylic acids is 2. The SMILES string of the molecule is COc1ccc(C(C)(C)C2NC(=O)CC(C(=O)N[C@@H](c3ccc(C(F)(F)F)cc3)C(C)C)N2)cc1. The largest absolute Gasteiger partial charge is 0.497 e. The molecule has 0 bridgehead atoms. The smallest absolute Gasteiger partial charge is 0.416 e. The van der Waals surface area contributed by atoms with Gasteiger partial charge in [-0.25, -0.2) is 0 Å². The number of alkyl halides is 3. The molecule has 0 spiro atoms. The molecule has 2 unspecified atom stereocenters. The van der Waals surface area contributed by atoms with Crippen molar-refractivity contribution in [3.8, 4) is 5.75 Å². The van der Waals surface area contributed by atoms with Gasteiger partial charge in [-0.2, -0.15) is 13.2 Å². The highest BCUT2D eigenvalue weighted by atomic mass is 19.4. The first-order chi connectivity index (χ1) is 16.3. The number of benzene rings is 2. The van der Waals surface area contributed by atoms with Crippen LogP contribution in [0.25, 0.3) is 0 Å². The first-order valence-electron chi connectivity index (χ1n) is 11.5. The van der Waals surface area contributed by atoms with E-state index in [1.807, 2.05) is 52.0 Å². The molecule has 1 heterocycles. The van der Waals surface area contributed by atoms with Crippen LogP contribution >= 0.6 is 0 Å². The van der Waals surface area contributed by atoms with E-state index in [0.29, 0.717) is 11.3 Å². The van der Waals surface area contributed by atoms with Crippen LogP contribution in [0.2, 0.25) is 0 Å². The minimum Gasteiger partial charge on any atom is -0.497 e. The van der Waals surface area contributed by atoms with E-state index in [-0.39, 0.29) is 24.2 Å². The van der Waals surface area contributed by atoms with Gasteiger partial charge in [-0.3, -0.25) is 14.9 Å². The molecule has 3 atom stereocenters. The van der Waals surface area contributed by atoms with Crippen molar-refractivity contribution in [2.45, 2.75) is 64.0 Å². The summed E-state index contributed by atoms with van der Waals surface area (Å²) >= 11 is 0. The summed E-state index contributed by atoms with van der Waals surface area (Å²) in [6, 6.07) is 11.0. The maximum atomic E-state index is 13.2. The molecule has 1 saturated heterocycles. The molecule has 0 radical (unpaired) electrons. The van der Waals surface area contributed by atoms with Crippen LogP contribution in [0, 0.1) is 5.92 Å². The zero-order chi connectivity index (χ0) is 26.0. The molecule has 0 saturated carbocycles. The Kier molecular flexibility index (Phi) is 7.79. The second kappa shape index (κ2) is 10.3. The van der Waals surface area contributed by atoms with E-state index in [2.05, 4.69) is 16.0 Å². The van der Waals surface area contributed by atoms with Crippen LogP contribution in [-0.4, -0.2) is 31.1 Å². The van der Waals surface area contributed by atoms with E-state index in [0.717, 1.165) is 17.7 Å². The average Bonchev–Trinajstić information content (AvgIpc) is 2.81. The Balaban J connectivity index is 1.76. The maximum Gasteiger partial charge on any atom is 0.416 e. The molecule has 1 aliphatic heterocycles. The van der Waals surface area contributed by atoms with Crippen LogP contribution in [-0.2, 0) is 21.2 Å². The summed E-state index contributed by atoms with van der Waals surface area (Å²) in [5.41, 5.74) is 0.217. The lowest BCUT2D eigenvalue weighted by Crippen LogP contribution is -2.66. The number of hydrogen-bond acceptors (Lipinski definition) is 4. The van der Waals surface area contributed by atoms with Crippen LogP contribution in [0.5, 0.6) is 5.75 Å². The van der Waals surface area contributed by atoms with Gasteiger partial charge < -0.3 is 15.4 Å². The number of nitrogens with one attached hydrogen (secondary N) is 3. The summed E-state index contributed by atoms with van der Waals surface area (Å²) in [4.78, 5) is 25.7. The quantitative estimate of drug-likeness (QED) is 0.539. The lowest BCUT2D eigenvalue weighted by Gasteiger charge is -2.41. The van der Waals surface area contributed by atoms with Gasteiger partial charge in [0.15, 0.2) is 0 Å². The Morgan fingerprint density at radius 1 is 1.03 bits per heavy atom. The average molecular weight is 492 g/mol. The van der Waals surface area contributed by atoms with Crippen LogP contribution < -0.4 is 20.7 Å². The zero-order valence-electron chi connectivity index (χ0n) is 20.5. The van der Waals surface area contributed by atoms with Crippen molar-refractivity contribution in [3.63, 3.8) is 0 Å². The molecule has 9 heteroatoms. The zero-order valence-corrected chi connectivity index (χ0v) is 20.5. The fourth-order valence-electron chi connectivity index (χ4n) is 4.22. The van der Waals surface area contributed by atoms with E-state index in [4.69, 9.17) is 4.74 Å². The lowest BCUT2D eigenvalue weighted by molar-refractivity contribution is -0.137. The van der Waals surface area contributed by atoms with Crippen molar-refractivity contribution in [3.05, 3.63) is 65.2 Å². The Bertz CT molecular complexity index is 1030. The van der Waals surface area contributed by atoms with Gasteiger partial charge in [0.2, 0.25) is 11.8 Å². The molecule has 6 nitrogen and oxygen atoms in total. The number of amides is 2. The van der Waals surface area contributed by atoms with Gasteiger partial charge in [-0.1, -0.05) is 52.0 Å². The van der Waals surface area contributed by atoms with Gasteiger partial charge >= 0.3 is 6.18 Å². The number of hydrogen-bond donors (Lipinski definition) is 3. The highest BCUT2D eigenvalue weighted by Gasteiger charge is 2.40. The molecule has 35 heavy (non-hydrogen) atoms. The van der Waals surface area contributed by atoms with Crippen LogP contribution in [0.15, 0.2) is 48.5 Å². The maximum absolute atomic E-state index is 13.2. The van der Waals surface area contributed by atoms with Gasteiger partial charge in [0.05, 0.1) is 37.3 Å². The molecule has 1 fully saturated rings. The van der Waals surface area contributed by atoms with Crippen LogP contribution in [0.1, 0.15) is 56.8 Å². The van der Waals surface area contributed by atoms with E-state index >= 15 is 0 Å². The van der Waals surface area contributed by atoms with Crippen molar-refractivity contribution < 1.29 is 27.5 Å². The number of methoxy groups -OCH3 is 1. The van der Waals surface area contributed by atoms with E-state index < -0.39 is 35.4 Å². The van der Waals surface area contributed by atoms with Gasteiger partial charge in [-0.05, 0) is 41.3 Å². The summed E-state index contributed by atoms with van der Waals surface area (Å²) in [5, 5.41) is 9.11. The molecule has 2 aromatic carbocycles. The predicted octanol–water partition coefficient (Wildman–Crippen LogP) is 4.31. The van der Waals surface area contributed by atoms with Crippen molar-refractivity contribution in [2.24, 2.45) is 5.92 Å². The topological polar surface area (TPSA) is 79.5 Å². The summed E-state index contributed by atoms with van der Waals surface area (Å²) < 4.78 is 44.0. The van der Waals surface area contributed by atoms with Crippen molar-refractivity contribution in [1.29, 1.82) is 0 Å². The Labute approximate surface area is 203 Å². The Hall–Kier alpha value is -3.07. The molecule has 0 aliphatic carbocycles. The Morgan fingerprint density at radius 3 is 2.11 bits per heavy atom. The summed E-state index contributed by atoms with van der Waals surface area (Å²) in [7, 11) is 1.58. The highest BCUT2D eigenvalue weighted by molar-refractivity contribution is 5.90. The summed E-state index contributed by atoms with van der Waals surface area (Å²) in [5.74, 6) is -0.00910. The monoisotopic (exact) mass is 491 g/mol. The number of ether oxygens (including phenoxy) is 1. The standard InChI is InChI=1S/C26H32F3N3O3/c1-15(2)22(16-6-8-18(9-7-16)26(27,28)29)32-23(34)20-14-21(33)31-24(30-20)25(3,4)17-10-12-19(35-5)13-11-17/h6-13,15,20,22,24,30H,14H2,1-5H3,(H,31,33)(H,32,34)/t20?,22-,24?/m1/s1. The summed E-state index contributed by atoms with van der Waals surface area (Å²) in [6.45, 7) is 7.68. The molecule has 0 aromatic heterocycles. The molecule has 3 N–H and O–H groups in total. The van der Waals surface area contributed by atoms with Crippen molar-refractivity contribution >= 4 is 11.8 Å². The van der Waals surface area contributed by atoms with Gasteiger partial charge in [0.25, 0.3) is 0 Å². The number of rotatable bonds is 7. The van der Waals surface area contributed by atoms with Crippen LogP contribution in [0.3, 0.4) is 0 Å². The third-order valence-electron chi connectivity index (χ3n) is 6.50. The molecule has 3 rings (SSSR count). The molecule has 190 valence electrons. The lowest BCUT2D eigenvalue weighted by atomic mass is 9.80. The third-order valence-corrected chi connectivity index (χ3v) is 6.50. The van der Waals surface area contributed by atoms with Crippen molar-refractivity contribution in [2.75, 3.05) is 7.11 Å². The molecule has 1 aliphatic rings. The third kappa shape index (κ3) is 6.14. The van der Waals surface area contributed by atoms with Gasteiger partial charge in [0, 0.05) is 5.41 Å². The molecular weight excluding hydrogens is 459 g/mol. The fraction of sp³-hybridized carbons (Fsp3) is 0.462. The van der Waals surface area contributed by atoms with Crippen molar-refractivity contribution in [1.82, 2.24) is 16.0 Å². The highest BCUT2D eigenvalue weighted by Crippen LogP contribution is 2.32. The molecular formula is C26H32F3N3O3. The molecule has 2 aromatic rings.